The first-order valence-corrected chi connectivity index (χ1v) is 8.28. The van der Waals surface area contributed by atoms with Crippen molar-refractivity contribution in [2.75, 3.05) is 0 Å². The molecule has 2 nitrogen and oxygen atoms in total. The average Bonchev–Trinajstić information content (AvgIpc) is 2.76. The average molecular weight is 302 g/mol. The van der Waals surface area contributed by atoms with Crippen LogP contribution in [-0.4, -0.2) is 15.8 Å². The molecule has 5 aliphatic carbocycles. The van der Waals surface area contributed by atoms with Crippen molar-refractivity contribution in [1.29, 1.82) is 0 Å². The third kappa shape index (κ3) is 1.78. The van der Waals surface area contributed by atoms with Gasteiger partial charge in [0.2, 0.25) is 5.91 Å². The smallest absolute Gasteiger partial charge is 0.229 e. The van der Waals surface area contributed by atoms with Crippen molar-refractivity contribution in [2.45, 2.75) is 61.7 Å². The lowest BCUT2D eigenvalue weighted by Gasteiger charge is -2.57. The molecule has 0 spiro atoms. The van der Waals surface area contributed by atoms with Gasteiger partial charge in [-0.3, -0.25) is 4.79 Å². The van der Waals surface area contributed by atoms with E-state index in [1.165, 1.54) is 38.5 Å². The first-order valence-electron chi connectivity index (χ1n) is 7.52. The predicted octanol–water partition coefficient (Wildman–Crippen LogP) is 3.66. The summed E-state index contributed by atoms with van der Waals surface area (Å²) >= 11 is 12.3. The van der Waals surface area contributed by atoms with Crippen molar-refractivity contribution < 1.29 is 4.79 Å². The second-order valence-corrected chi connectivity index (χ2v) is 9.35. The van der Waals surface area contributed by atoms with E-state index in [4.69, 9.17) is 23.2 Å². The minimum atomic E-state index is -0.848. The van der Waals surface area contributed by atoms with Crippen molar-refractivity contribution in [3.05, 3.63) is 0 Å². The van der Waals surface area contributed by atoms with Gasteiger partial charge >= 0.3 is 0 Å². The monoisotopic (exact) mass is 301 g/mol. The highest BCUT2D eigenvalue weighted by Gasteiger charge is 2.68. The third-order valence-corrected chi connectivity index (χ3v) is 7.28. The maximum absolute atomic E-state index is 12.5. The molecule has 19 heavy (non-hydrogen) atoms. The van der Waals surface area contributed by atoms with E-state index in [0.29, 0.717) is 6.42 Å². The molecule has 0 saturated heterocycles. The summed E-state index contributed by atoms with van der Waals surface area (Å²) in [5.74, 6) is 2.61. The van der Waals surface area contributed by atoms with Crippen LogP contribution in [0.2, 0.25) is 0 Å². The Hall–Kier alpha value is 0.0500. The molecule has 0 unspecified atom stereocenters. The van der Waals surface area contributed by atoms with Gasteiger partial charge < -0.3 is 5.32 Å². The van der Waals surface area contributed by atoms with Gasteiger partial charge in [-0.1, -0.05) is 0 Å². The van der Waals surface area contributed by atoms with Gasteiger partial charge in [0.1, 0.15) is 4.33 Å². The topological polar surface area (TPSA) is 29.1 Å². The Morgan fingerprint density at radius 1 is 1.05 bits per heavy atom. The summed E-state index contributed by atoms with van der Waals surface area (Å²) in [7, 11) is 0. The fourth-order valence-electron chi connectivity index (χ4n) is 5.29. The molecule has 5 aliphatic rings. The second kappa shape index (κ2) is 3.62. The van der Waals surface area contributed by atoms with E-state index >= 15 is 0 Å². The normalized spacial score (nSPS) is 53.1. The summed E-state index contributed by atoms with van der Waals surface area (Å²) in [6.45, 7) is 1.89. The summed E-state index contributed by atoms with van der Waals surface area (Å²) < 4.78 is -0.848. The molecule has 4 heteroatoms. The van der Waals surface area contributed by atoms with E-state index in [1.807, 2.05) is 6.92 Å². The Bertz CT molecular complexity index is 412. The lowest BCUT2D eigenvalue weighted by atomic mass is 9.53. The molecule has 0 radical (unpaired) electrons. The van der Waals surface area contributed by atoms with Gasteiger partial charge in [0.25, 0.3) is 0 Å². The number of rotatable bonds is 2. The van der Waals surface area contributed by atoms with E-state index < -0.39 is 9.75 Å². The fourth-order valence-corrected chi connectivity index (χ4v) is 5.99. The lowest BCUT2D eigenvalue weighted by Crippen LogP contribution is -2.61. The second-order valence-electron chi connectivity index (χ2n) is 7.87. The summed E-state index contributed by atoms with van der Waals surface area (Å²) in [5.41, 5.74) is -0.499. The van der Waals surface area contributed by atoms with Crippen LogP contribution in [0.1, 0.15) is 51.9 Å². The van der Waals surface area contributed by atoms with Crippen LogP contribution in [0.4, 0.5) is 0 Å². The first kappa shape index (κ1) is 12.8. The largest absolute Gasteiger partial charge is 0.350 e. The number of hydrogen-bond donors (Lipinski definition) is 1. The Morgan fingerprint density at radius 2 is 1.47 bits per heavy atom. The van der Waals surface area contributed by atoms with E-state index in [-0.39, 0.29) is 11.4 Å². The Balaban J connectivity index is 1.53. The van der Waals surface area contributed by atoms with Crippen molar-refractivity contribution in [3.8, 4) is 0 Å². The highest BCUT2D eigenvalue weighted by molar-refractivity contribution is 6.53. The van der Waals surface area contributed by atoms with Crippen LogP contribution in [0, 0.1) is 23.2 Å². The van der Waals surface area contributed by atoms with Gasteiger partial charge in [-0.25, -0.2) is 0 Å². The molecule has 0 aliphatic heterocycles. The molecule has 5 fully saturated rings. The lowest BCUT2D eigenvalue weighted by molar-refractivity contribution is -0.131. The molecule has 0 aromatic heterocycles. The van der Waals surface area contributed by atoms with E-state index in [2.05, 4.69) is 5.32 Å². The number of carbonyl (C=O) groups is 1. The molecule has 106 valence electrons. The van der Waals surface area contributed by atoms with Crippen LogP contribution >= 0.6 is 23.2 Å². The molecule has 4 bridgehead atoms. The van der Waals surface area contributed by atoms with E-state index in [1.54, 1.807) is 0 Å². The number of hydrogen-bond acceptors (Lipinski definition) is 1. The summed E-state index contributed by atoms with van der Waals surface area (Å²) in [6.07, 6.45) is 8.29. The summed E-state index contributed by atoms with van der Waals surface area (Å²) in [4.78, 5) is 12.5. The standard InChI is InChI=1S/C15H21Cl2NO/c1-13(8-15(13,16)17)12(19)18-14-5-9-2-10(6-14)4-11(3-9)7-14/h9-11H,2-8H2,1H3,(H,18,19)/t9?,10?,11?,13-,14?/m0/s1. The molecule has 1 N–H and O–H groups in total. The van der Waals surface area contributed by atoms with Gasteiger partial charge in [-0.2, -0.15) is 0 Å². The van der Waals surface area contributed by atoms with E-state index in [9.17, 15) is 4.79 Å². The van der Waals surface area contributed by atoms with Gasteiger partial charge in [0, 0.05) is 5.54 Å². The van der Waals surface area contributed by atoms with Crippen LogP contribution in [0.5, 0.6) is 0 Å². The SMILES string of the molecule is C[C@@]1(C(=O)NC23CC4CC(CC(C4)C2)C3)CC1(Cl)Cl. The third-order valence-electron chi connectivity index (χ3n) is 6.18. The molecule has 5 saturated carbocycles. The quantitative estimate of drug-likeness (QED) is 0.775. The zero-order valence-electron chi connectivity index (χ0n) is 11.3. The zero-order chi connectivity index (χ0) is 13.5. The summed E-state index contributed by atoms with van der Waals surface area (Å²) in [6, 6.07) is 0. The van der Waals surface area contributed by atoms with Crippen molar-refractivity contribution in [2.24, 2.45) is 23.2 Å². The van der Waals surface area contributed by atoms with Crippen molar-refractivity contribution in [3.63, 3.8) is 0 Å². The number of carbonyl (C=O) groups excluding carboxylic acids is 1. The minimum Gasteiger partial charge on any atom is -0.350 e. The van der Waals surface area contributed by atoms with Crippen LogP contribution < -0.4 is 5.32 Å². The highest BCUT2D eigenvalue weighted by atomic mass is 35.5. The van der Waals surface area contributed by atoms with Crippen LogP contribution in [-0.2, 0) is 4.79 Å². The van der Waals surface area contributed by atoms with Crippen LogP contribution in [0.25, 0.3) is 0 Å². The minimum absolute atomic E-state index is 0.0707. The van der Waals surface area contributed by atoms with Crippen molar-refractivity contribution in [1.82, 2.24) is 5.32 Å². The fraction of sp³-hybridized carbons (Fsp3) is 0.933. The Kier molecular flexibility index (Phi) is 2.43. The first-order chi connectivity index (χ1) is 8.82. The number of amides is 1. The Labute approximate surface area is 124 Å². The molecule has 0 aromatic rings. The van der Waals surface area contributed by atoms with Gasteiger partial charge in [0.05, 0.1) is 5.41 Å². The van der Waals surface area contributed by atoms with E-state index in [0.717, 1.165) is 17.8 Å². The van der Waals surface area contributed by atoms with Gasteiger partial charge in [-0.05, 0) is 69.6 Å². The number of halogens is 2. The zero-order valence-corrected chi connectivity index (χ0v) is 12.9. The van der Waals surface area contributed by atoms with Gasteiger partial charge in [-0.15, -0.1) is 23.2 Å². The molecule has 0 heterocycles. The van der Waals surface area contributed by atoms with Crippen molar-refractivity contribution >= 4 is 29.1 Å². The predicted molar refractivity (Wildman–Crippen MR) is 76.2 cm³/mol. The summed E-state index contributed by atoms with van der Waals surface area (Å²) in [5, 5.41) is 3.37. The van der Waals surface area contributed by atoms with Crippen LogP contribution in [0.3, 0.4) is 0 Å². The van der Waals surface area contributed by atoms with Gasteiger partial charge in [0.15, 0.2) is 0 Å². The Morgan fingerprint density at radius 3 is 1.84 bits per heavy atom. The maximum atomic E-state index is 12.5. The highest BCUT2D eigenvalue weighted by Crippen LogP contribution is 2.64. The maximum Gasteiger partial charge on any atom is 0.229 e. The number of alkyl halides is 2. The van der Waals surface area contributed by atoms with Crippen LogP contribution in [0.15, 0.2) is 0 Å². The molecule has 1 atom stereocenters. The molecule has 1 amide bonds. The molecule has 5 rings (SSSR count). The number of nitrogens with one attached hydrogen (secondary N) is 1. The molecule has 0 aromatic carbocycles. The molecular weight excluding hydrogens is 281 g/mol. The molecular formula is C15H21Cl2NO.